The Hall–Kier alpha value is -1.35. The molecular weight excluding hydrogens is 152 g/mol. The molecule has 0 N–H and O–H groups in total. The van der Waals surface area contributed by atoms with E-state index in [9.17, 15) is 4.79 Å². The minimum Gasteiger partial charge on any atom is -0.300 e. The summed E-state index contributed by atoms with van der Waals surface area (Å²) in [6.45, 7) is 0. The van der Waals surface area contributed by atoms with Crippen molar-refractivity contribution in [3.8, 4) is 12.1 Å². The van der Waals surface area contributed by atoms with Crippen LogP contribution in [0.15, 0.2) is 0 Å². The van der Waals surface area contributed by atoms with Gasteiger partial charge in [-0.15, -0.1) is 0 Å². The molecule has 0 aliphatic heterocycles. The van der Waals surface area contributed by atoms with Crippen molar-refractivity contribution < 1.29 is 4.79 Å². The molecule has 0 saturated heterocycles. The molecule has 1 fully saturated rings. The van der Waals surface area contributed by atoms with Crippen molar-refractivity contribution in [1.29, 1.82) is 10.5 Å². The van der Waals surface area contributed by atoms with Gasteiger partial charge in [0.05, 0.1) is 24.0 Å². The predicted molar refractivity (Wildman–Crippen MR) is 41.8 cm³/mol. The number of nitrogens with zero attached hydrogens (tertiary/aromatic N) is 2. The van der Waals surface area contributed by atoms with E-state index in [4.69, 9.17) is 10.5 Å². The van der Waals surface area contributed by atoms with Gasteiger partial charge < -0.3 is 0 Å². The second-order valence-corrected chi connectivity index (χ2v) is 3.27. The lowest BCUT2D eigenvalue weighted by Crippen LogP contribution is -2.25. The largest absolute Gasteiger partial charge is 0.300 e. The molecule has 0 bridgehead atoms. The third-order valence-electron chi connectivity index (χ3n) is 2.42. The highest BCUT2D eigenvalue weighted by Gasteiger charge is 2.34. The molecule has 0 aromatic heterocycles. The number of hydrogen-bond acceptors (Lipinski definition) is 3. The monoisotopic (exact) mass is 162 g/mol. The van der Waals surface area contributed by atoms with Gasteiger partial charge in [0.25, 0.3) is 0 Å². The molecule has 12 heavy (non-hydrogen) atoms. The van der Waals surface area contributed by atoms with Crippen LogP contribution in [0.5, 0.6) is 0 Å². The topological polar surface area (TPSA) is 64.7 Å². The highest BCUT2D eigenvalue weighted by molar-refractivity contribution is 5.79. The molecule has 0 radical (unpaired) electrons. The van der Waals surface area contributed by atoms with Crippen LogP contribution < -0.4 is 0 Å². The van der Waals surface area contributed by atoms with Crippen LogP contribution in [0.25, 0.3) is 0 Å². The molecule has 0 aromatic carbocycles. The van der Waals surface area contributed by atoms with E-state index in [2.05, 4.69) is 6.07 Å². The molecule has 1 saturated carbocycles. The molecule has 3 heteroatoms. The number of hydrogen-bond donors (Lipinski definition) is 0. The predicted octanol–water partition coefficient (Wildman–Crippen LogP) is 1.55. The van der Waals surface area contributed by atoms with Gasteiger partial charge in [-0.3, -0.25) is 4.79 Å². The average molecular weight is 162 g/mol. The number of carbonyl (C=O) groups excluding carboxylic acids is 1. The lowest BCUT2D eigenvalue weighted by molar-refractivity contribution is -0.121. The van der Waals surface area contributed by atoms with Gasteiger partial charge in [-0.1, -0.05) is 0 Å². The number of ketones is 1. The number of rotatable bonds is 1. The van der Waals surface area contributed by atoms with Crippen molar-refractivity contribution in [3.63, 3.8) is 0 Å². The maximum Gasteiger partial charge on any atom is 0.133 e. The van der Waals surface area contributed by atoms with Gasteiger partial charge >= 0.3 is 0 Å². The van der Waals surface area contributed by atoms with Gasteiger partial charge in [0.2, 0.25) is 0 Å². The van der Waals surface area contributed by atoms with Crippen LogP contribution in [0.3, 0.4) is 0 Å². The van der Waals surface area contributed by atoms with E-state index in [1.54, 1.807) is 0 Å². The standard InChI is InChI=1S/C9H10N2O/c10-6-5-9(7-11)3-1-8(12)2-4-9/h1-5H2. The summed E-state index contributed by atoms with van der Waals surface area (Å²) in [5, 5.41) is 17.3. The average Bonchev–Trinajstić information content (AvgIpc) is 2.10. The summed E-state index contributed by atoms with van der Waals surface area (Å²) >= 11 is 0. The summed E-state index contributed by atoms with van der Waals surface area (Å²) in [5.74, 6) is 0.221. The summed E-state index contributed by atoms with van der Waals surface area (Å²) in [5.41, 5.74) is -0.525. The maximum absolute atomic E-state index is 10.9. The lowest BCUT2D eigenvalue weighted by Gasteiger charge is -2.26. The van der Waals surface area contributed by atoms with Crippen molar-refractivity contribution >= 4 is 5.78 Å². The fourth-order valence-electron chi connectivity index (χ4n) is 1.49. The number of carbonyl (C=O) groups is 1. The molecule has 0 atom stereocenters. The SMILES string of the molecule is N#CCC1(C#N)CCC(=O)CC1. The fourth-order valence-corrected chi connectivity index (χ4v) is 1.49. The van der Waals surface area contributed by atoms with E-state index in [0.717, 1.165) is 0 Å². The molecule has 1 aliphatic carbocycles. The molecule has 0 aromatic rings. The van der Waals surface area contributed by atoms with E-state index in [1.165, 1.54) is 0 Å². The second-order valence-electron chi connectivity index (χ2n) is 3.27. The van der Waals surface area contributed by atoms with Crippen LogP contribution in [0, 0.1) is 28.1 Å². The van der Waals surface area contributed by atoms with Gasteiger partial charge in [-0.25, -0.2) is 0 Å². The van der Waals surface area contributed by atoms with E-state index in [0.29, 0.717) is 25.7 Å². The summed E-state index contributed by atoms with van der Waals surface area (Å²) in [7, 11) is 0. The molecule has 0 amide bonds. The zero-order chi connectivity index (χ0) is 9.03. The number of Topliss-reactive ketones (excluding diaryl/α,β-unsaturated/α-hetero) is 1. The Morgan fingerprint density at radius 1 is 1.33 bits per heavy atom. The van der Waals surface area contributed by atoms with Crippen LogP contribution in [-0.4, -0.2) is 5.78 Å². The quantitative estimate of drug-likeness (QED) is 0.587. The smallest absolute Gasteiger partial charge is 0.133 e. The molecule has 1 rings (SSSR count). The molecular formula is C9H10N2O. The van der Waals surface area contributed by atoms with Crippen molar-refractivity contribution in [2.45, 2.75) is 32.1 Å². The first kappa shape index (κ1) is 8.74. The molecule has 0 heterocycles. The van der Waals surface area contributed by atoms with Crippen LogP contribution in [0.2, 0.25) is 0 Å². The zero-order valence-corrected chi connectivity index (χ0v) is 6.84. The van der Waals surface area contributed by atoms with Gasteiger partial charge in [0, 0.05) is 12.8 Å². The van der Waals surface area contributed by atoms with E-state index in [-0.39, 0.29) is 12.2 Å². The van der Waals surface area contributed by atoms with Crippen LogP contribution >= 0.6 is 0 Å². The Morgan fingerprint density at radius 2 is 1.92 bits per heavy atom. The molecule has 3 nitrogen and oxygen atoms in total. The Balaban J connectivity index is 2.66. The van der Waals surface area contributed by atoms with E-state index < -0.39 is 5.41 Å². The van der Waals surface area contributed by atoms with Crippen molar-refractivity contribution in [2.24, 2.45) is 5.41 Å². The third-order valence-corrected chi connectivity index (χ3v) is 2.42. The first-order chi connectivity index (χ1) is 5.72. The van der Waals surface area contributed by atoms with Gasteiger partial charge in [0.15, 0.2) is 0 Å². The van der Waals surface area contributed by atoms with Crippen molar-refractivity contribution in [3.05, 3.63) is 0 Å². The Bertz CT molecular complexity index is 259. The normalized spacial score (nSPS) is 21.0. The first-order valence-corrected chi connectivity index (χ1v) is 4.02. The van der Waals surface area contributed by atoms with Gasteiger partial charge in [0.1, 0.15) is 5.78 Å². The Morgan fingerprint density at radius 3 is 2.33 bits per heavy atom. The highest BCUT2D eigenvalue weighted by Crippen LogP contribution is 2.36. The van der Waals surface area contributed by atoms with Crippen LogP contribution in [-0.2, 0) is 4.79 Å². The highest BCUT2D eigenvalue weighted by atomic mass is 16.1. The second kappa shape index (κ2) is 3.36. The summed E-state index contributed by atoms with van der Waals surface area (Å²) < 4.78 is 0. The summed E-state index contributed by atoms with van der Waals surface area (Å²) in [4.78, 5) is 10.9. The summed E-state index contributed by atoms with van der Waals surface area (Å²) in [6, 6.07) is 4.17. The fraction of sp³-hybridized carbons (Fsp3) is 0.667. The third kappa shape index (κ3) is 1.62. The summed E-state index contributed by atoms with van der Waals surface area (Å²) in [6.07, 6.45) is 2.33. The minimum atomic E-state index is -0.525. The van der Waals surface area contributed by atoms with Gasteiger partial charge in [-0.2, -0.15) is 10.5 Å². The molecule has 62 valence electrons. The Kier molecular flexibility index (Phi) is 2.45. The van der Waals surface area contributed by atoms with Crippen LogP contribution in [0.1, 0.15) is 32.1 Å². The van der Waals surface area contributed by atoms with E-state index >= 15 is 0 Å². The lowest BCUT2D eigenvalue weighted by atomic mass is 9.73. The van der Waals surface area contributed by atoms with Crippen molar-refractivity contribution in [2.75, 3.05) is 0 Å². The number of nitriles is 2. The maximum atomic E-state index is 10.9. The molecule has 0 unspecified atom stereocenters. The molecule has 1 aliphatic rings. The molecule has 0 spiro atoms. The first-order valence-electron chi connectivity index (χ1n) is 4.02. The van der Waals surface area contributed by atoms with Crippen molar-refractivity contribution in [1.82, 2.24) is 0 Å². The van der Waals surface area contributed by atoms with Crippen LogP contribution in [0.4, 0.5) is 0 Å². The Labute approximate surface area is 71.6 Å². The zero-order valence-electron chi connectivity index (χ0n) is 6.84. The van der Waals surface area contributed by atoms with Gasteiger partial charge in [-0.05, 0) is 12.8 Å². The van der Waals surface area contributed by atoms with E-state index in [1.807, 2.05) is 6.07 Å². The minimum absolute atomic E-state index is 0.221.